The third kappa shape index (κ3) is 3.21. The van der Waals surface area contributed by atoms with Gasteiger partial charge in [-0.1, -0.05) is 0 Å². The lowest BCUT2D eigenvalue weighted by Crippen LogP contribution is -2.43. The smallest absolute Gasteiger partial charge is 0.181 e. The minimum absolute atomic E-state index is 0.214. The summed E-state index contributed by atoms with van der Waals surface area (Å²) in [5, 5.41) is 18.3. The fourth-order valence-electron chi connectivity index (χ4n) is 1.19. The first kappa shape index (κ1) is 10.9. The van der Waals surface area contributed by atoms with Crippen molar-refractivity contribution in [2.24, 2.45) is 0 Å². The predicted octanol–water partition coefficient (Wildman–Crippen LogP) is -0.536. The zero-order valence-corrected chi connectivity index (χ0v) is 7.84. The maximum atomic E-state index is 9.24. The van der Waals surface area contributed by atoms with Crippen molar-refractivity contribution in [1.29, 1.82) is 0 Å². The third-order valence-electron chi connectivity index (χ3n) is 2.00. The van der Waals surface area contributed by atoms with Crippen LogP contribution in [0, 0.1) is 0 Å². The normalized spacial score (nSPS) is 37.4. The highest BCUT2D eigenvalue weighted by atomic mass is 16.7. The number of aliphatic hydroxyl groups is 2. The number of aliphatic hydroxyl groups excluding tert-OH is 2. The van der Waals surface area contributed by atoms with Gasteiger partial charge in [-0.25, -0.2) is 0 Å². The van der Waals surface area contributed by atoms with Crippen molar-refractivity contribution < 1.29 is 24.4 Å². The van der Waals surface area contributed by atoms with Crippen LogP contribution < -0.4 is 0 Å². The summed E-state index contributed by atoms with van der Waals surface area (Å²) >= 11 is 0. The molecule has 13 heavy (non-hydrogen) atoms. The van der Waals surface area contributed by atoms with E-state index >= 15 is 0 Å². The summed E-state index contributed by atoms with van der Waals surface area (Å²) in [4.78, 5) is 0. The van der Waals surface area contributed by atoms with Crippen LogP contribution in [0.25, 0.3) is 0 Å². The van der Waals surface area contributed by atoms with E-state index in [2.05, 4.69) is 0 Å². The molecule has 1 rings (SSSR count). The molecule has 2 N–H and O–H groups in total. The van der Waals surface area contributed by atoms with Crippen LogP contribution in [0.5, 0.6) is 0 Å². The van der Waals surface area contributed by atoms with E-state index in [1.807, 2.05) is 0 Å². The van der Waals surface area contributed by atoms with Crippen molar-refractivity contribution in [3.05, 3.63) is 0 Å². The average molecular weight is 192 g/mol. The topological polar surface area (TPSA) is 68.2 Å². The van der Waals surface area contributed by atoms with Gasteiger partial charge in [-0.05, 0) is 6.92 Å². The molecule has 5 nitrogen and oxygen atoms in total. The minimum Gasteiger partial charge on any atom is -0.388 e. The molecule has 4 atom stereocenters. The largest absolute Gasteiger partial charge is 0.388 e. The molecule has 4 unspecified atom stereocenters. The molecule has 5 heteroatoms. The summed E-state index contributed by atoms with van der Waals surface area (Å²) in [6.45, 7) is 2.04. The summed E-state index contributed by atoms with van der Waals surface area (Å²) < 4.78 is 15.1. The van der Waals surface area contributed by atoms with Gasteiger partial charge in [-0.3, -0.25) is 0 Å². The summed E-state index contributed by atoms with van der Waals surface area (Å²) in [5.74, 6) is 0. The van der Waals surface area contributed by atoms with Crippen molar-refractivity contribution in [1.82, 2.24) is 0 Å². The van der Waals surface area contributed by atoms with Gasteiger partial charge in [0, 0.05) is 13.5 Å². The molecule has 0 aromatic heterocycles. The van der Waals surface area contributed by atoms with Crippen LogP contribution in [0.3, 0.4) is 0 Å². The van der Waals surface area contributed by atoms with Gasteiger partial charge in [0.15, 0.2) is 12.6 Å². The molecule has 0 saturated carbocycles. The van der Waals surface area contributed by atoms with Gasteiger partial charge in [-0.2, -0.15) is 0 Å². The highest BCUT2D eigenvalue weighted by molar-refractivity contribution is 4.72. The van der Waals surface area contributed by atoms with Crippen LogP contribution in [0.2, 0.25) is 0 Å². The van der Waals surface area contributed by atoms with Crippen molar-refractivity contribution in [2.75, 3.05) is 13.7 Å². The Labute approximate surface area is 77.2 Å². The molecule has 1 heterocycles. The van der Waals surface area contributed by atoms with Gasteiger partial charge in [-0.15, -0.1) is 0 Å². The Hall–Kier alpha value is -0.200. The minimum atomic E-state index is -1.09. The summed E-state index contributed by atoms with van der Waals surface area (Å²) in [7, 11) is 1.54. The number of hydrogen-bond acceptors (Lipinski definition) is 5. The Balaban J connectivity index is 2.29. The highest BCUT2D eigenvalue weighted by Crippen LogP contribution is 2.16. The summed E-state index contributed by atoms with van der Waals surface area (Å²) in [6, 6.07) is 0. The molecule has 0 bridgehead atoms. The fraction of sp³-hybridized carbons (Fsp3) is 1.00. The fourth-order valence-corrected chi connectivity index (χ4v) is 1.19. The van der Waals surface area contributed by atoms with Crippen LogP contribution in [0.1, 0.15) is 13.3 Å². The Morgan fingerprint density at radius 3 is 2.69 bits per heavy atom. The Bertz CT molecular complexity index is 149. The van der Waals surface area contributed by atoms with Crippen LogP contribution in [0.15, 0.2) is 0 Å². The molecule has 78 valence electrons. The Morgan fingerprint density at radius 1 is 1.46 bits per heavy atom. The van der Waals surface area contributed by atoms with Gasteiger partial charge in [0.25, 0.3) is 0 Å². The van der Waals surface area contributed by atoms with E-state index in [0.717, 1.165) is 0 Å². The number of ether oxygens (including phenoxy) is 3. The molecule has 1 aliphatic heterocycles. The Morgan fingerprint density at radius 2 is 2.15 bits per heavy atom. The van der Waals surface area contributed by atoms with E-state index in [4.69, 9.17) is 19.3 Å². The molecule has 0 aromatic carbocycles. The highest BCUT2D eigenvalue weighted by Gasteiger charge is 2.29. The van der Waals surface area contributed by atoms with Crippen molar-refractivity contribution in [3.63, 3.8) is 0 Å². The maximum absolute atomic E-state index is 9.24. The first-order chi connectivity index (χ1) is 6.13. The first-order valence-corrected chi connectivity index (χ1v) is 4.29. The zero-order valence-electron chi connectivity index (χ0n) is 7.84. The molecule has 0 spiro atoms. The molecule has 1 aliphatic rings. The van der Waals surface area contributed by atoms with Crippen LogP contribution >= 0.6 is 0 Å². The lowest BCUT2D eigenvalue weighted by Gasteiger charge is -2.31. The molecular weight excluding hydrogens is 176 g/mol. The van der Waals surface area contributed by atoms with Crippen LogP contribution in [-0.2, 0) is 14.2 Å². The van der Waals surface area contributed by atoms with E-state index in [1.54, 1.807) is 14.0 Å². The van der Waals surface area contributed by atoms with E-state index < -0.39 is 12.4 Å². The van der Waals surface area contributed by atoms with Gasteiger partial charge in [0.1, 0.15) is 6.10 Å². The standard InChI is InChI=1S/C8H16O5/c1-5(11-2)13-6-3-7(9)8(10)12-4-6/h5-10H,3-4H2,1-2H3. The van der Waals surface area contributed by atoms with E-state index in [-0.39, 0.29) is 19.0 Å². The van der Waals surface area contributed by atoms with Crippen LogP contribution in [0.4, 0.5) is 0 Å². The SMILES string of the molecule is COC(C)OC1COC(O)C(O)C1. The van der Waals surface area contributed by atoms with Gasteiger partial charge in [0.05, 0.1) is 12.7 Å². The van der Waals surface area contributed by atoms with Crippen LogP contribution in [-0.4, -0.2) is 48.7 Å². The zero-order chi connectivity index (χ0) is 9.84. The summed E-state index contributed by atoms with van der Waals surface area (Å²) in [6.07, 6.45) is -2.13. The van der Waals surface area contributed by atoms with Gasteiger partial charge < -0.3 is 24.4 Å². The maximum Gasteiger partial charge on any atom is 0.181 e. The van der Waals surface area contributed by atoms with Crippen molar-refractivity contribution >= 4 is 0 Å². The first-order valence-electron chi connectivity index (χ1n) is 4.29. The van der Waals surface area contributed by atoms with Crippen molar-refractivity contribution in [2.45, 2.75) is 38.1 Å². The summed E-state index contributed by atoms with van der Waals surface area (Å²) in [5.41, 5.74) is 0. The molecule has 0 radical (unpaired) electrons. The second kappa shape index (κ2) is 4.88. The van der Waals surface area contributed by atoms with Gasteiger partial charge in [0.2, 0.25) is 0 Å². The number of rotatable bonds is 3. The lowest BCUT2D eigenvalue weighted by molar-refractivity contribution is -0.245. The molecule has 1 fully saturated rings. The second-order valence-electron chi connectivity index (χ2n) is 3.09. The molecule has 0 aromatic rings. The number of hydrogen-bond donors (Lipinski definition) is 2. The quantitative estimate of drug-likeness (QED) is 0.588. The second-order valence-corrected chi connectivity index (χ2v) is 3.09. The predicted molar refractivity (Wildman–Crippen MR) is 43.9 cm³/mol. The monoisotopic (exact) mass is 192 g/mol. The van der Waals surface area contributed by atoms with E-state index in [9.17, 15) is 5.11 Å². The molecule has 0 aliphatic carbocycles. The van der Waals surface area contributed by atoms with Crippen molar-refractivity contribution in [3.8, 4) is 0 Å². The molecule has 1 saturated heterocycles. The molecule has 0 amide bonds. The third-order valence-corrected chi connectivity index (χ3v) is 2.00. The van der Waals surface area contributed by atoms with Gasteiger partial charge >= 0.3 is 0 Å². The average Bonchev–Trinajstić information content (AvgIpc) is 2.11. The van der Waals surface area contributed by atoms with E-state index in [1.165, 1.54) is 0 Å². The van der Waals surface area contributed by atoms with E-state index in [0.29, 0.717) is 6.42 Å². The molecular formula is C8H16O5. The Kier molecular flexibility index (Phi) is 4.08. The lowest BCUT2D eigenvalue weighted by atomic mass is 10.1. The number of methoxy groups -OCH3 is 1.